The van der Waals surface area contributed by atoms with Gasteiger partial charge < -0.3 is 5.32 Å². The van der Waals surface area contributed by atoms with Crippen LogP contribution < -0.4 is 5.32 Å². The van der Waals surface area contributed by atoms with Gasteiger partial charge in [0.2, 0.25) is 0 Å². The average Bonchev–Trinajstić information content (AvgIpc) is 2.49. The smallest absolute Gasteiger partial charge is 0.154 e. The molecule has 0 bridgehead atoms. The first kappa shape index (κ1) is 8.88. The largest absolute Gasteiger partial charge is 0.305 e. The lowest BCUT2D eigenvalue weighted by molar-refractivity contribution is 0.359. The van der Waals surface area contributed by atoms with Crippen LogP contribution in [-0.4, -0.2) is 26.5 Å². The Bertz CT molecular complexity index is 463. The van der Waals surface area contributed by atoms with E-state index in [9.17, 15) is 8.42 Å². The third-order valence-corrected chi connectivity index (χ3v) is 6.00. The Balaban J connectivity index is 2.06. The molecule has 14 heavy (non-hydrogen) atoms. The van der Waals surface area contributed by atoms with Gasteiger partial charge in [-0.05, 0) is 23.4 Å². The number of fused-ring (bicyclic) bond motifs is 2. The van der Waals surface area contributed by atoms with Gasteiger partial charge in [0.15, 0.2) is 9.84 Å². The average molecular weight is 229 g/mol. The van der Waals surface area contributed by atoms with Gasteiger partial charge in [-0.1, -0.05) is 0 Å². The number of hydrogen-bond acceptors (Lipinski definition) is 4. The number of hydrogen-bond donors (Lipinski definition) is 1. The molecule has 0 aliphatic carbocycles. The summed E-state index contributed by atoms with van der Waals surface area (Å²) in [5, 5.41) is 5.42. The molecule has 2 aliphatic heterocycles. The van der Waals surface area contributed by atoms with Crippen molar-refractivity contribution in [2.24, 2.45) is 0 Å². The maximum absolute atomic E-state index is 11.3. The molecule has 1 fully saturated rings. The molecule has 5 heteroatoms. The quantitative estimate of drug-likeness (QED) is 0.705. The maximum atomic E-state index is 11.3. The first-order valence-electron chi connectivity index (χ1n) is 4.64. The standard InChI is InChI=1S/C9H11NO2S2/c11-14(12)5-9(6-14)8-7(1-3-10-9)2-4-13-8/h2,4,10H,1,3,5-6H2. The van der Waals surface area contributed by atoms with Gasteiger partial charge in [-0.3, -0.25) is 0 Å². The van der Waals surface area contributed by atoms with E-state index in [0.717, 1.165) is 13.0 Å². The fraction of sp³-hybridized carbons (Fsp3) is 0.556. The van der Waals surface area contributed by atoms with Crippen molar-refractivity contribution < 1.29 is 8.42 Å². The Morgan fingerprint density at radius 3 is 2.93 bits per heavy atom. The Morgan fingerprint density at radius 2 is 2.21 bits per heavy atom. The van der Waals surface area contributed by atoms with Gasteiger partial charge in [0.05, 0.1) is 17.0 Å². The minimum Gasteiger partial charge on any atom is -0.305 e. The van der Waals surface area contributed by atoms with E-state index >= 15 is 0 Å². The predicted molar refractivity (Wildman–Crippen MR) is 56.4 cm³/mol. The molecule has 1 N–H and O–H groups in total. The van der Waals surface area contributed by atoms with E-state index in [0.29, 0.717) is 0 Å². The van der Waals surface area contributed by atoms with E-state index in [1.807, 2.05) is 0 Å². The topological polar surface area (TPSA) is 46.2 Å². The lowest BCUT2D eigenvalue weighted by Crippen LogP contribution is -2.63. The molecule has 0 radical (unpaired) electrons. The first-order chi connectivity index (χ1) is 6.61. The van der Waals surface area contributed by atoms with Crippen LogP contribution in [0.4, 0.5) is 0 Å². The van der Waals surface area contributed by atoms with Crippen LogP contribution >= 0.6 is 11.3 Å². The summed E-state index contributed by atoms with van der Waals surface area (Å²) in [5.74, 6) is 0.570. The highest BCUT2D eigenvalue weighted by Crippen LogP contribution is 2.41. The molecule has 1 aromatic rings. The first-order valence-corrected chi connectivity index (χ1v) is 7.34. The highest BCUT2D eigenvalue weighted by Gasteiger charge is 2.52. The van der Waals surface area contributed by atoms with E-state index in [1.54, 1.807) is 11.3 Å². The van der Waals surface area contributed by atoms with E-state index in [2.05, 4.69) is 16.8 Å². The molecule has 1 spiro atoms. The van der Waals surface area contributed by atoms with Gasteiger partial charge in [-0.2, -0.15) is 0 Å². The van der Waals surface area contributed by atoms with E-state index in [-0.39, 0.29) is 17.0 Å². The normalized spacial score (nSPS) is 26.9. The van der Waals surface area contributed by atoms with Gasteiger partial charge in [0.1, 0.15) is 0 Å². The minimum atomic E-state index is -2.77. The van der Waals surface area contributed by atoms with Gasteiger partial charge in [0.25, 0.3) is 0 Å². The van der Waals surface area contributed by atoms with Crippen molar-refractivity contribution in [3.05, 3.63) is 21.9 Å². The monoisotopic (exact) mass is 229 g/mol. The number of rotatable bonds is 0. The molecule has 1 saturated heterocycles. The third-order valence-electron chi connectivity index (χ3n) is 2.97. The highest BCUT2D eigenvalue weighted by atomic mass is 32.2. The number of nitrogens with one attached hydrogen (secondary N) is 1. The van der Waals surface area contributed by atoms with Crippen LogP contribution in [0.2, 0.25) is 0 Å². The summed E-state index contributed by atoms with van der Waals surface area (Å²) in [6.07, 6.45) is 1.03. The summed E-state index contributed by atoms with van der Waals surface area (Å²) in [5.41, 5.74) is 1.12. The molecule has 0 unspecified atom stereocenters. The van der Waals surface area contributed by atoms with E-state index in [1.165, 1.54) is 10.4 Å². The van der Waals surface area contributed by atoms with Gasteiger partial charge >= 0.3 is 0 Å². The fourth-order valence-electron chi connectivity index (χ4n) is 2.41. The van der Waals surface area contributed by atoms with Crippen molar-refractivity contribution in [2.75, 3.05) is 18.1 Å². The van der Waals surface area contributed by atoms with Crippen molar-refractivity contribution in [3.63, 3.8) is 0 Å². The second-order valence-electron chi connectivity index (χ2n) is 4.07. The Kier molecular flexibility index (Phi) is 1.64. The SMILES string of the molecule is O=S1(=O)CC2(C1)NCCc1ccsc12. The summed E-state index contributed by atoms with van der Waals surface area (Å²) >= 11 is 1.68. The molecule has 0 amide bonds. The van der Waals surface area contributed by atoms with Gasteiger partial charge in [-0.25, -0.2) is 8.42 Å². The predicted octanol–water partition coefficient (Wildman–Crippen LogP) is 0.518. The lowest BCUT2D eigenvalue weighted by Gasteiger charge is -2.44. The third kappa shape index (κ3) is 1.09. The summed E-state index contributed by atoms with van der Waals surface area (Å²) in [6, 6.07) is 2.12. The maximum Gasteiger partial charge on any atom is 0.154 e. The molecular formula is C9H11NO2S2. The Morgan fingerprint density at radius 1 is 1.43 bits per heavy atom. The van der Waals surface area contributed by atoms with Crippen molar-refractivity contribution in [3.8, 4) is 0 Å². The van der Waals surface area contributed by atoms with Crippen LogP contribution in [0.5, 0.6) is 0 Å². The van der Waals surface area contributed by atoms with Crippen molar-refractivity contribution in [2.45, 2.75) is 12.0 Å². The molecule has 3 nitrogen and oxygen atoms in total. The molecule has 2 aliphatic rings. The molecule has 0 saturated carbocycles. The zero-order valence-corrected chi connectivity index (χ0v) is 9.25. The highest BCUT2D eigenvalue weighted by molar-refractivity contribution is 7.93. The molecule has 0 aromatic carbocycles. The molecular weight excluding hydrogens is 218 g/mol. The van der Waals surface area contributed by atoms with Gasteiger partial charge in [0, 0.05) is 11.4 Å². The Labute approximate surface area is 87.1 Å². The summed E-state index contributed by atoms with van der Waals surface area (Å²) in [6.45, 7) is 0.902. The number of thiophene rings is 1. The van der Waals surface area contributed by atoms with Crippen LogP contribution in [0.15, 0.2) is 11.4 Å². The van der Waals surface area contributed by atoms with Gasteiger partial charge in [-0.15, -0.1) is 11.3 Å². The minimum absolute atomic E-state index is 0.222. The number of sulfone groups is 1. The van der Waals surface area contributed by atoms with Crippen molar-refractivity contribution in [1.29, 1.82) is 0 Å². The molecule has 0 atom stereocenters. The zero-order chi connectivity index (χ0) is 9.81. The van der Waals surface area contributed by atoms with Crippen molar-refractivity contribution in [1.82, 2.24) is 5.32 Å². The van der Waals surface area contributed by atoms with Crippen LogP contribution in [0, 0.1) is 0 Å². The van der Waals surface area contributed by atoms with Crippen LogP contribution in [-0.2, 0) is 21.8 Å². The zero-order valence-electron chi connectivity index (χ0n) is 7.62. The molecule has 1 aromatic heterocycles. The van der Waals surface area contributed by atoms with E-state index < -0.39 is 9.84 Å². The second-order valence-corrected chi connectivity index (χ2v) is 7.05. The van der Waals surface area contributed by atoms with E-state index in [4.69, 9.17) is 0 Å². The lowest BCUT2D eigenvalue weighted by atomic mass is 9.92. The molecule has 3 rings (SSSR count). The Hall–Kier alpha value is -0.390. The van der Waals surface area contributed by atoms with Crippen LogP contribution in [0.1, 0.15) is 10.4 Å². The van der Waals surface area contributed by atoms with Crippen LogP contribution in [0.3, 0.4) is 0 Å². The van der Waals surface area contributed by atoms with Crippen molar-refractivity contribution >= 4 is 21.2 Å². The molecule has 3 heterocycles. The second kappa shape index (κ2) is 2.59. The molecule has 76 valence electrons. The summed E-state index contributed by atoms with van der Waals surface area (Å²) in [4.78, 5) is 1.25. The summed E-state index contributed by atoms with van der Waals surface area (Å²) in [7, 11) is -2.77. The summed E-state index contributed by atoms with van der Waals surface area (Å²) < 4.78 is 22.5. The fourth-order valence-corrected chi connectivity index (χ4v) is 5.64. The van der Waals surface area contributed by atoms with Crippen LogP contribution in [0.25, 0.3) is 0 Å².